The number of imidazole rings is 1. The Morgan fingerprint density at radius 2 is 2.00 bits per heavy atom. The topological polar surface area (TPSA) is 70.9 Å². The van der Waals surface area contributed by atoms with Crippen LogP contribution in [0, 0.1) is 5.82 Å². The van der Waals surface area contributed by atoms with Gasteiger partial charge in [-0.3, -0.25) is 9.55 Å². The molecule has 0 unspecified atom stereocenters. The number of hydrogen-bond acceptors (Lipinski definition) is 3. The first-order valence-electron chi connectivity index (χ1n) is 6.99. The Labute approximate surface area is 131 Å². The van der Waals surface area contributed by atoms with Gasteiger partial charge in [0, 0.05) is 18.3 Å². The van der Waals surface area contributed by atoms with E-state index >= 15 is 0 Å². The van der Waals surface area contributed by atoms with Crippen LogP contribution in [0.2, 0.25) is 0 Å². The summed E-state index contributed by atoms with van der Waals surface area (Å²) in [5.74, 6) is -0.388. The minimum atomic E-state index is -0.364. The second kappa shape index (κ2) is 6.31. The first-order valence-corrected chi connectivity index (χ1v) is 6.99. The van der Waals surface area contributed by atoms with Crippen LogP contribution in [0.25, 0.3) is 17.3 Å². The van der Waals surface area contributed by atoms with E-state index in [-0.39, 0.29) is 23.9 Å². The molecule has 0 fully saturated rings. The number of benzene rings is 1. The standard InChI is InChI=1S/C17H14FN3O2/c18-14-6-4-13(5-7-14)15-8-3-12(10-19-15)2-1-9-21-16(22)11-20-17(21)23/h1-8,10-11,22H,9H2,(H,20,23). The molecule has 5 nitrogen and oxygen atoms in total. The summed E-state index contributed by atoms with van der Waals surface area (Å²) in [6.07, 6.45) is 6.49. The molecule has 0 aliphatic heterocycles. The highest BCUT2D eigenvalue weighted by molar-refractivity contribution is 5.60. The molecular formula is C17H14FN3O2. The highest BCUT2D eigenvalue weighted by atomic mass is 19.1. The molecule has 116 valence electrons. The van der Waals surface area contributed by atoms with Crippen molar-refractivity contribution in [1.82, 2.24) is 14.5 Å². The maximum atomic E-state index is 12.9. The quantitative estimate of drug-likeness (QED) is 0.778. The van der Waals surface area contributed by atoms with Crippen molar-refractivity contribution >= 4 is 6.08 Å². The number of nitrogens with zero attached hydrogens (tertiary/aromatic N) is 2. The van der Waals surface area contributed by atoms with Gasteiger partial charge in [-0.2, -0.15) is 0 Å². The molecule has 23 heavy (non-hydrogen) atoms. The third kappa shape index (κ3) is 3.37. The van der Waals surface area contributed by atoms with Crippen LogP contribution in [0.15, 0.2) is 59.7 Å². The van der Waals surface area contributed by atoms with E-state index in [1.807, 2.05) is 12.1 Å². The predicted molar refractivity (Wildman–Crippen MR) is 85.4 cm³/mol. The summed E-state index contributed by atoms with van der Waals surface area (Å²) in [5.41, 5.74) is 2.09. The lowest BCUT2D eigenvalue weighted by Crippen LogP contribution is -2.15. The van der Waals surface area contributed by atoms with Gasteiger partial charge in [0.15, 0.2) is 0 Å². The smallest absolute Gasteiger partial charge is 0.328 e. The van der Waals surface area contributed by atoms with Gasteiger partial charge < -0.3 is 10.1 Å². The molecule has 0 bridgehead atoms. The Kier molecular flexibility index (Phi) is 4.05. The average molecular weight is 311 g/mol. The number of allylic oxidation sites excluding steroid dienone is 1. The van der Waals surface area contributed by atoms with E-state index < -0.39 is 0 Å². The first-order chi connectivity index (χ1) is 11.1. The zero-order valence-corrected chi connectivity index (χ0v) is 12.1. The van der Waals surface area contributed by atoms with Crippen molar-refractivity contribution in [2.45, 2.75) is 6.54 Å². The second-order valence-corrected chi connectivity index (χ2v) is 4.95. The lowest BCUT2D eigenvalue weighted by Gasteiger charge is -2.01. The van der Waals surface area contributed by atoms with E-state index in [9.17, 15) is 14.3 Å². The molecule has 0 atom stereocenters. The lowest BCUT2D eigenvalue weighted by atomic mass is 10.1. The van der Waals surface area contributed by atoms with Crippen molar-refractivity contribution in [3.63, 3.8) is 0 Å². The maximum Gasteiger partial charge on any atom is 0.328 e. The highest BCUT2D eigenvalue weighted by Gasteiger charge is 2.02. The zero-order valence-electron chi connectivity index (χ0n) is 12.1. The van der Waals surface area contributed by atoms with Crippen molar-refractivity contribution in [3.8, 4) is 17.1 Å². The van der Waals surface area contributed by atoms with Gasteiger partial charge in [-0.1, -0.05) is 18.2 Å². The number of hydrogen-bond donors (Lipinski definition) is 2. The lowest BCUT2D eigenvalue weighted by molar-refractivity contribution is 0.423. The molecule has 3 rings (SSSR count). The van der Waals surface area contributed by atoms with Gasteiger partial charge in [0.25, 0.3) is 0 Å². The third-order valence-electron chi connectivity index (χ3n) is 3.37. The number of rotatable bonds is 4. The average Bonchev–Trinajstić information content (AvgIpc) is 2.88. The summed E-state index contributed by atoms with van der Waals surface area (Å²) >= 11 is 0. The second-order valence-electron chi connectivity index (χ2n) is 4.95. The molecule has 2 N–H and O–H groups in total. The Bertz CT molecular complexity index is 877. The molecule has 2 heterocycles. The summed E-state index contributed by atoms with van der Waals surface area (Å²) in [6, 6.07) is 9.86. The molecule has 1 aromatic carbocycles. The number of aromatic amines is 1. The number of H-pyrrole nitrogens is 1. The van der Waals surface area contributed by atoms with Gasteiger partial charge in [0.05, 0.1) is 11.9 Å². The Hall–Kier alpha value is -3.15. The fourth-order valence-electron chi connectivity index (χ4n) is 2.15. The van der Waals surface area contributed by atoms with Crippen LogP contribution in [0.5, 0.6) is 5.88 Å². The summed E-state index contributed by atoms with van der Waals surface area (Å²) in [7, 11) is 0. The van der Waals surface area contributed by atoms with E-state index in [1.165, 1.54) is 22.9 Å². The van der Waals surface area contributed by atoms with Crippen molar-refractivity contribution in [2.24, 2.45) is 0 Å². The van der Waals surface area contributed by atoms with E-state index in [0.717, 1.165) is 16.8 Å². The molecule has 0 spiro atoms. The molecule has 0 amide bonds. The number of halogens is 1. The third-order valence-corrected chi connectivity index (χ3v) is 3.37. The van der Waals surface area contributed by atoms with Crippen molar-refractivity contribution in [1.29, 1.82) is 0 Å². The molecule has 0 radical (unpaired) electrons. The van der Waals surface area contributed by atoms with E-state index in [4.69, 9.17) is 0 Å². The molecule has 0 saturated carbocycles. The molecular weight excluding hydrogens is 297 g/mol. The predicted octanol–water partition coefficient (Wildman–Crippen LogP) is 2.80. The minimum absolute atomic E-state index is 0.107. The number of pyridine rings is 1. The Morgan fingerprint density at radius 3 is 2.61 bits per heavy atom. The number of nitrogens with one attached hydrogen (secondary N) is 1. The van der Waals surface area contributed by atoms with Crippen LogP contribution < -0.4 is 5.69 Å². The maximum absolute atomic E-state index is 12.9. The molecule has 0 aliphatic carbocycles. The largest absolute Gasteiger partial charge is 0.493 e. The van der Waals surface area contributed by atoms with Gasteiger partial charge in [-0.15, -0.1) is 0 Å². The Balaban J connectivity index is 1.71. The summed E-state index contributed by atoms with van der Waals surface area (Å²) in [5, 5.41) is 9.47. The SMILES string of the molecule is O=c1[nH]cc(O)n1CC=Cc1ccc(-c2ccc(F)cc2)nc1. The highest BCUT2D eigenvalue weighted by Crippen LogP contribution is 2.17. The van der Waals surface area contributed by atoms with Crippen LogP contribution in [0.3, 0.4) is 0 Å². The monoisotopic (exact) mass is 311 g/mol. The first kappa shape index (κ1) is 14.8. The molecule has 0 saturated heterocycles. The van der Waals surface area contributed by atoms with Gasteiger partial charge in [-0.05, 0) is 35.9 Å². The summed E-state index contributed by atoms with van der Waals surface area (Å²) < 4.78 is 14.1. The van der Waals surface area contributed by atoms with E-state index in [2.05, 4.69) is 9.97 Å². The van der Waals surface area contributed by atoms with Crippen LogP contribution in [0.4, 0.5) is 4.39 Å². The van der Waals surface area contributed by atoms with Crippen LogP contribution in [-0.2, 0) is 6.54 Å². The van der Waals surface area contributed by atoms with Crippen LogP contribution >= 0.6 is 0 Å². The fraction of sp³-hybridized carbons (Fsp3) is 0.0588. The van der Waals surface area contributed by atoms with Crippen LogP contribution in [0.1, 0.15) is 5.56 Å². The van der Waals surface area contributed by atoms with Crippen molar-refractivity contribution in [3.05, 3.63) is 76.7 Å². The molecule has 6 heteroatoms. The molecule has 0 aliphatic rings. The van der Waals surface area contributed by atoms with Crippen molar-refractivity contribution < 1.29 is 9.50 Å². The molecule has 3 aromatic rings. The van der Waals surface area contributed by atoms with E-state index in [0.29, 0.717) is 0 Å². The van der Waals surface area contributed by atoms with Crippen molar-refractivity contribution in [2.75, 3.05) is 0 Å². The van der Waals surface area contributed by atoms with Gasteiger partial charge in [0.2, 0.25) is 5.88 Å². The van der Waals surface area contributed by atoms with E-state index in [1.54, 1.807) is 30.5 Å². The normalized spacial score (nSPS) is 11.2. The molecule has 2 aromatic heterocycles. The number of aromatic hydroxyl groups is 1. The zero-order chi connectivity index (χ0) is 16.2. The van der Waals surface area contributed by atoms with Gasteiger partial charge in [0.1, 0.15) is 5.82 Å². The number of aromatic nitrogens is 3. The summed E-state index contributed by atoms with van der Waals surface area (Å²) in [4.78, 5) is 18.1. The Morgan fingerprint density at radius 1 is 1.22 bits per heavy atom. The van der Waals surface area contributed by atoms with Gasteiger partial charge >= 0.3 is 5.69 Å². The summed E-state index contributed by atoms with van der Waals surface area (Å²) in [6.45, 7) is 0.258. The van der Waals surface area contributed by atoms with Crippen LogP contribution in [-0.4, -0.2) is 19.6 Å². The fourth-order valence-corrected chi connectivity index (χ4v) is 2.15. The minimum Gasteiger partial charge on any atom is -0.493 e. The van der Waals surface area contributed by atoms with Gasteiger partial charge in [-0.25, -0.2) is 9.18 Å².